The Hall–Kier alpha value is -0.460. The van der Waals surface area contributed by atoms with Gasteiger partial charge >= 0.3 is 0 Å². The van der Waals surface area contributed by atoms with Crippen molar-refractivity contribution in [1.29, 1.82) is 0 Å². The molecule has 0 aliphatic carbocycles. The van der Waals surface area contributed by atoms with Crippen molar-refractivity contribution in [2.75, 3.05) is 18.1 Å². The second-order valence-corrected chi connectivity index (χ2v) is 5.40. The van der Waals surface area contributed by atoms with Crippen LogP contribution in [0.1, 0.15) is 20.3 Å². The summed E-state index contributed by atoms with van der Waals surface area (Å²) in [6.45, 7) is 5.94. The van der Waals surface area contributed by atoms with E-state index in [-0.39, 0.29) is 6.10 Å². The van der Waals surface area contributed by atoms with Gasteiger partial charge in [-0.2, -0.15) is 0 Å². The standard InChI is InChI=1S/C9H15N3OS2/c1-3-7-5-13-6(2)4-12(7)8-10-11-9(14)15-8/h6-7H,3-5H2,1-2H3,(H,11,14). The van der Waals surface area contributed by atoms with Gasteiger partial charge in [-0.1, -0.05) is 18.3 Å². The molecule has 2 atom stereocenters. The second kappa shape index (κ2) is 4.59. The van der Waals surface area contributed by atoms with Crippen molar-refractivity contribution >= 4 is 28.7 Å². The lowest BCUT2D eigenvalue weighted by Gasteiger charge is -2.37. The van der Waals surface area contributed by atoms with Gasteiger partial charge in [0, 0.05) is 6.54 Å². The van der Waals surface area contributed by atoms with Gasteiger partial charge in [0.25, 0.3) is 0 Å². The van der Waals surface area contributed by atoms with E-state index in [0.717, 1.165) is 28.7 Å². The maximum Gasteiger partial charge on any atom is 0.207 e. The van der Waals surface area contributed by atoms with Crippen LogP contribution in [0.2, 0.25) is 0 Å². The third kappa shape index (κ3) is 2.38. The van der Waals surface area contributed by atoms with E-state index in [9.17, 15) is 0 Å². The normalized spacial score (nSPS) is 26.9. The van der Waals surface area contributed by atoms with Gasteiger partial charge in [-0.3, -0.25) is 5.10 Å². The molecule has 1 saturated heterocycles. The summed E-state index contributed by atoms with van der Waals surface area (Å²) in [5, 5.41) is 8.05. The third-order valence-corrected chi connectivity index (χ3v) is 3.74. The van der Waals surface area contributed by atoms with Crippen molar-refractivity contribution in [2.24, 2.45) is 0 Å². The van der Waals surface area contributed by atoms with E-state index in [0.29, 0.717) is 6.04 Å². The zero-order valence-electron chi connectivity index (χ0n) is 8.90. The van der Waals surface area contributed by atoms with Gasteiger partial charge in [0.2, 0.25) is 5.13 Å². The summed E-state index contributed by atoms with van der Waals surface area (Å²) in [7, 11) is 0. The minimum Gasteiger partial charge on any atom is -0.375 e. The number of nitrogens with zero attached hydrogens (tertiary/aromatic N) is 2. The number of rotatable bonds is 2. The van der Waals surface area contributed by atoms with Crippen molar-refractivity contribution in [3.63, 3.8) is 0 Å². The summed E-state index contributed by atoms with van der Waals surface area (Å²) in [6, 6.07) is 0.426. The van der Waals surface area contributed by atoms with Crippen LogP contribution in [-0.2, 0) is 4.74 Å². The Morgan fingerprint density at radius 3 is 3.13 bits per heavy atom. The average molecular weight is 245 g/mol. The van der Waals surface area contributed by atoms with Crippen LogP contribution in [0.15, 0.2) is 0 Å². The molecule has 84 valence electrons. The Morgan fingerprint density at radius 2 is 2.53 bits per heavy atom. The summed E-state index contributed by atoms with van der Waals surface area (Å²) < 4.78 is 6.37. The molecule has 0 bridgehead atoms. The fraction of sp³-hybridized carbons (Fsp3) is 0.778. The quantitative estimate of drug-likeness (QED) is 0.811. The van der Waals surface area contributed by atoms with Crippen molar-refractivity contribution in [2.45, 2.75) is 32.4 Å². The fourth-order valence-corrected chi connectivity index (χ4v) is 2.72. The molecule has 2 heterocycles. The van der Waals surface area contributed by atoms with E-state index < -0.39 is 0 Å². The molecule has 2 rings (SSSR count). The van der Waals surface area contributed by atoms with E-state index in [4.69, 9.17) is 17.0 Å². The maximum absolute atomic E-state index is 5.64. The second-order valence-electron chi connectivity index (χ2n) is 3.75. The lowest BCUT2D eigenvalue weighted by Crippen LogP contribution is -2.48. The Balaban J connectivity index is 2.20. The first-order chi connectivity index (χ1) is 7.20. The van der Waals surface area contributed by atoms with Gasteiger partial charge in [0.05, 0.1) is 18.8 Å². The predicted octanol–water partition coefficient (Wildman–Crippen LogP) is 2.20. The largest absolute Gasteiger partial charge is 0.375 e. The van der Waals surface area contributed by atoms with Gasteiger partial charge in [-0.15, -0.1) is 5.10 Å². The van der Waals surface area contributed by atoms with Crippen LogP contribution in [-0.4, -0.2) is 35.5 Å². The van der Waals surface area contributed by atoms with Crippen LogP contribution >= 0.6 is 23.6 Å². The van der Waals surface area contributed by atoms with Crippen LogP contribution in [0, 0.1) is 3.95 Å². The van der Waals surface area contributed by atoms with Gasteiger partial charge < -0.3 is 9.64 Å². The lowest BCUT2D eigenvalue weighted by molar-refractivity contribution is 0.0299. The van der Waals surface area contributed by atoms with Crippen LogP contribution in [0.4, 0.5) is 5.13 Å². The lowest BCUT2D eigenvalue weighted by atomic mass is 10.1. The minimum atomic E-state index is 0.269. The molecule has 1 N–H and O–H groups in total. The first kappa shape index (κ1) is 11.0. The van der Waals surface area contributed by atoms with E-state index >= 15 is 0 Å². The van der Waals surface area contributed by atoms with Crippen molar-refractivity contribution < 1.29 is 4.74 Å². The van der Waals surface area contributed by atoms with Crippen LogP contribution in [0.25, 0.3) is 0 Å². The molecule has 1 fully saturated rings. The summed E-state index contributed by atoms with van der Waals surface area (Å²) in [5.41, 5.74) is 0. The maximum atomic E-state index is 5.64. The van der Waals surface area contributed by atoms with Crippen LogP contribution in [0.5, 0.6) is 0 Å². The molecule has 1 aliphatic rings. The fourth-order valence-electron chi connectivity index (χ4n) is 1.76. The van der Waals surface area contributed by atoms with Gasteiger partial charge in [-0.25, -0.2) is 0 Å². The summed E-state index contributed by atoms with van der Waals surface area (Å²) >= 11 is 6.58. The van der Waals surface area contributed by atoms with E-state index in [2.05, 4.69) is 28.9 Å². The number of morpholine rings is 1. The number of H-pyrrole nitrogens is 1. The number of nitrogens with one attached hydrogen (secondary N) is 1. The smallest absolute Gasteiger partial charge is 0.207 e. The molecule has 0 amide bonds. The topological polar surface area (TPSA) is 41.1 Å². The first-order valence-corrected chi connectivity index (χ1v) is 6.37. The van der Waals surface area contributed by atoms with Crippen LogP contribution in [0.3, 0.4) is 0 Å². The summed E-state index contributed by atoms with van der Waals surface area (Å²) in [6.07, 6.45) is 1.34. The molecular weight excluding hydrogens is 230 g/mol. The highest BCUT2D eigenvalue weighted by Gasteiger charge is 2.27. The summed E-state index contributed by atoms with van der Waals surface area (Å²) in [4.78, 5) is 2.30. The van der Waals surface area contributed by atoms with Gasteiger partial charge in [0.15, 0.2) is 3.95 Å². The van der Waals surface area contributed by atoms with Crippen LogP contribution < -0.4 is 4.90 Å². The monoisotopic (exact) mass is 245 g/mol. The van der Waals surface area contributed by atoms with Crippen molar-refractivity contribution in [1.82, 2.24) is 10.2 Å². The number of anilines is 1. The molecule has 6 heteroatoms. The van der Waals surface area contributed by atoms with E-state index in [1.807, 2.05) is 0 Å². The number of aromatic nitrogens is 2. The van der Waals surface area contributed by atoms with Gasteiger partial charge in [0.1, 0.15) is 0 Å². The Bertz CT molecular complexity index is 375. The Morgan fingerprint density at radius 1 is 1.73 bits per heavy atom. The number of hydrogen-bond acceptors (Lipinski definition) is 5. The molecule has 2 unspecified atom stereocenters. The molecule has 1 aliphatic heterocycles. The van der Waals surface area contributed by atoms with E-state index in [1.54, 1.807) is 0 Å². The molecule has 1 aromatic heterocycles. The highest BCUT2D eigenvalue weighted by atomic mass is 32.1. The highest BCUT2D eigenvalue weighted by Crippen LogP contribution is 2.24. The molecule has 1 aromatic rings. The third-order valence-electron chi connectivity index (χ3n) is 2.61. The molecule has 15 heavy (non-hydrogen) atoms. The molecule has 0 saturated carbocycles. The number of ether oxygens (including phenoxy) is 1. The zero-order chi connectivity index (χ0) is 10.8. The van der Waals surface area contributed by atoms with E-state index in [1.165, 1.54) is 11.3 Å². The predicted molar refractivity (Wildman–Crippen MR) is 64.1 cm³/mol. The minimum absolute atomic E-state index is 0.269. The highest BCUT2D eigenvalue weighted by molar-refractivity contribution is 7.73. The van der Waals surface area contributed by atoms with Crippen molar-refractivity contribution in [3.05, 3.63) is 3.95 Å². The Kier molecular flexibility index (Phi) is 3.38. The molecule has 0 aromatic carbocycles. The summed E-state index contributed by atoms with van der Waals surface area (Å²) in [5.74, 6) is 0. The van der Waals surface area contributed by atoms with Gasteiger partial charge in [-0.05, 0) is 25.6 Å². The molecular formula is C9H15N3OS2. The van der Waals surface area contributed by atoms with Crippen molar-refractivity contribution in [3.8, 4) is 0 Å². The number of hydrogen-bond donors (Lipinski definition) is 1. The first-order valence-electron chi connectivity index (χ1n) is 5.14. The average Bonchev–Trinajstić information content (AvgIpc) is 2.65. The zero-order valence-corrected chi connectivity index (χ0v) is 10.5. The molecule has 0 spiro atoms. The Labute approximate surface area is 98.3 Å². The molecule has 4 nitrogen and oxygen atoms in total. The SMILES string of the molecule is CCC1COC(C)CN1c1n[nH]c(=S)s1. The number of aromatic amines is 1. The molecule has 0 radical (unpaired) electrons.